The number of furan rings is 1. The van der Waals surface area contributed by atoms with E-state index in [1.807, 2.05) is 43.3 Å². The zero-order valence-electron chi connectivity index (χ0n) is 14.7. The molecule has 2 saturated heterocycles. The minimum Gasteiger partial charge on any atom is -0.486 e. The van der Waals surface area contributed by atoms with Gasteiger partial charge in [-0.05, 0) is 37.5 Å². The number of para-hydroxylation sites is 1. The lowest BCUT2D eigenvalue weighted by molar-refractivity contribution is -0.119. The summed E-state index contributed by atoms with van der Waals surface area (Å²) in [5.41, 5.74) is 0.805. The second-order valence-electron chi connectivity index (χ2n) is 7.00. The first-order chi connectivity index (χ1) is 12.6. The van der Waals surface area contributed by atoms with Crippen LogP contribution in [0.2, 0.25) is 0 Å². The molecule has 0 aliphatic carbocycles. The van der Waals surface area contributed by atoms with E-state index >= 15 is 0 Å². The van der Waals surface area contributed by atoms with Crippen molar-refractivity contribution < 1.29 is 18.7 Å². The van der Waals surface area contributed by atoms with Crippen molar-refractivity contribution in [3.8, 4) is 5.75 Å². The van der Waals surface area contributed by atoms with Crippen molar-refractivity contribution in [2.45, 2.75) is 32.4 Å². The molecule has 2 atom stereocenters. The van der Waals surface area contributed by atoms with Crippen LogP contribution in [-0.2, 0) is 11.4 Å². The number of hydrogen-bond donors (Lipinski definition) is 1. The van der Waals surface area contributed by atoms with Gasteiger partial charge in [0.25, 0.3) is 5.91 Å². The standard InChI is InChI=1S/C20H22N2O4/c1-13-9-16(12-25-15-5-3-2-4-6-15)26-19(13)20(24)22-8-7-14-10-18(23)21-17(14)11-22/h2-6,9,14,17H,7-8,10-12H2,1H3,(H,21,23)/t14-,17-/m1/s1. The van der Waals surface area contributed by atoms with E-state index in [4.69, 9.17) is 9.15 Å². The highest BCUT2D eigenvalue weighted by molar-refractivity contribution is 5.93. The highest BCUT2D eigenvalue weighted by Gasteiger charge is 2.39. The summed E-state index contributed by atoms with van der Waals surface area (Å²) in [6, 6.07) is 11.4. The number of rotatable bonds is 4. The highest BCUT2D eigenvalue weighted by Crippen LogP contribution is 2.28. The third kappa shape index (κ3) is 3.31. The van der Waals surface area contributed by atoms with Gasteiger partial charge in [0, 0.05) is 31.1 Å². The number of benzene rings is 1. The summed E-state index contributed by atoms with van der Waals surface area (Å²) < 4.78 is 11.5. The molecule has 136 valence electrons. The largest absolute Gasteiger partial charge is 0.486 e. The Morgan fingerprint density at radius 1 is 1.35 bits per heavy atom. The monoisotopic (exact) mass is 354 g/mol. The minimum absolute atomic E-state index is 0.0661. The molecular weight excluding hydrogens is 332 g/mol. The van der Waals surface area contributed by atoms with Crippen molar-refractivity contribution in [3.05, 3.63) is 53.5 Å². The van der Waals surface area contributed by atoms with Crippen LogP contribution < -0.4 is 10.1 Å². The Hall–Kier alpha value is -2.76. The lowest BCUT2D eigenvalue weighted by Gasteiger charge is -2.34. The summed E-state index contributed by atoms with van der Waals surface area (Å²) in [6.45, 7) is 3.35. The second-order valence-corrected chi connectivity index (χ2v) is 7.00. The Balaban J connectivity index is 1.42. The van der Waals surface area contributed by atoms with Gasteiger partial charge in [-0.2, -0.15) is 0 Å². The Bertz CT molecular complexity index is 814. The van der Waals surface area contributed by atoms with E-state index in [1.54, 1.807) is 4.90 Å². The molecule has 0 saturated carbocycles. The summed E-state index contributed by atoms with van der Waals surface area (Å²) in [4.78, 5) is 26.2. The Kier molecular flexibility index (Phi) is 4.41. The summed E-state index contributed by atoms with van der Waals surface area (Å²) in [7, 11) is 0. The zero-order chi connectivity index (χ0) is 18.1. The molecule has 1 N–H and O–H groups in total. The molecule has 0 radical (unpaired) electrons. The normalized spacial score (nSPS) is 22.0. The van der Waals surface area contributed by atoms with E-state index in [0.29, 0.717) is 36.9 Å². The molecule has 1 aromatic heterocycles. The fraction of sp³-hybridized carbons (Fsp3) is 0.400. The van der Waals surface area contributed by atoms with Crippen LogP contribution in [0.15, 0.2) is 40.8 Å². The van der Waals surface area contributed by atoms with Gasteiger partial charge in [0.15, 0.2) is 5.76 Å². The molecular formula is C20H22N2O4. The van der Waals surface area contributed by atoms with Gasteiger partial charge in [0.1, 0.15) is 18.1 Å². The predicted octanol–water partition coefficient (Wildman–Crippen LogP) is 2.52. The first kappa shape index (κ1) is 16.7. The molecule has 0 bridgehead atoms. The smallest absolute Gasteiger partial charge is 0.289 e. The Morgan fingerprint density at radius 3 is 2.96 bits per heavy atom. The summed E-state index contributed by atoms with van der Waals surface area (Å²) in [6.07, 6.45) is 1.42. The van der Waals surface area contributed by atoms with Gasteiger partial charge in [-0.3, -0.25) is 9.59 Å². The number of likely N-dealkylation sites (tertiary alicyclic amines) is 1. The van der Waals surface area contributed by atoms with Crippen LogP contribution in [0.5, 0.6) is 5.75 Å². The topological polar surface area (TPSA) is 71.8 Å². The lowest BCUT2D eigenvalue weighted by Crippen LogP contribution is -2.49. The molecule has 2 amide bonds. The molecule has 2 aromatic rings. The Labute approximate surface area is 152 Å². The summed E-state index contributed by atoms with van der Waals surface area (Å²) >= 11 is 0. The number of amides is 2. The van der Waals surface area contributed by atoms with Crippen LogP contribution >= 0.6 is 0 Å². The first-order valence-corrected chi connectivity index (χ1v) is 8.96. The number of ether oxygens (including phenoxy) is 1. The number of nitrogens with zero attached hydrogens (tertiary/aromatic N) is 1. The average molecular weight is 354 g/mol. The molecule has 4 rings (SSSR count). The maximum atomic E-state index is 12.9. The Morgan fingerprint density at radius 2 is 2.15 bits per heavy atom. The maximum absolute atomic E-state index is 12.9. The van der Waals surface area contributed by atoms with Crippen molar-refractivity contribution >= 4 is 11.8 Å². The van der Waals surface area contributed by atoms with E-state index < -0.39 is 0 Å². The molecule has 1 aromatic carbocycles. The van der Waals surface area contributed by atoms with Crippen LogP contribution in [-0.4, -0.2) is 35.8 Å². The van der Waals surface area contributed by atoms with Crippen LogP contribution in [0, 0.1) is 12.8 Å². The molecule has 2 aliphatic heterocycles. The van der Waals surface area contributed by atoms with Crippen molar-refractivity contribution in [2.75, 3.05) is 13.1 Å². The minimum atomic E-state index is -0.118. The number of nitrogens with one attached hydrogen (secondary N) is 1. The molecule has 6 heteroatoms. The molecule has 6 nitrogen and oxygen atoms in total. The molecule has 2 aliphatic rings. The van der Waals surface area contributed by atoms with E-state index in [1.165, 1.54) is 0 Å². The number of piperidine rings is 1. The van der Waals surface area contributed by atoms with Crippen LogP contribution in [0.1, 0.15) is 34.7 Å². The lowest BCUT2D eigenvalue weighted by atomic mass is 9.92. The van der Waals surface area contributed by atoms with E-state index in [9.17, 15) is 9.59 Å². The van der Waals surface area contributed by atoms with E-state index in [0.717, 1.165) is 17.7 Å². The van der Waals surface area contributed by atoms with Gasteiger partial charge in [-0.25, -0.2) is 0 Å². The quantitative estimate of drug-likeness (QED) is 0.916. The van der Waals surface area contributed by atoms with Gasteiger partial charge in [-0.1, -0.05) is 18.2 Å². The molecule has 0 unspecified atom stereocenters. The summed E-state index contributed by atoms with van der Waals surface area (Å²) in [5, 5.41) is 2.97. The van der Waals surface area contributed by atoms with Crippen LogP contribution in [0.3, 0.4) is 0 Å². The SMILES string of the molecule is Cc1cc(COc2ccccc2)oc1C(=O)N1CC[C@@H]2CC(=O)N[C@@H]2C1. The zero-order valence-corrected chi connectivity index (χ0v) is 14.7. The van der Waals surface area contributed by atoms with Crippen molar-refractivity contribution in [1.29, 1.82) is 0 Å². The van der Waals surface area contributed by atoms with Crippen LogP contribution in [0.25, 0.3) is 0 Å². The number of carbonyl (C=O) groups is 2. The molecule has 0 spiro atoms. The van der Waals surface area contributed by atoms with Crippen LogP contribution in [0.4, 0.5) is 0 Å². The van der Waals surface area contributed by atoms with Gasteiger partial charge in [0.2, 0.25) is 5.91 Å². The number of carbonyl (C=O) groups excluding carboxylic acids is 2. The highest BCUT2D eigenvalue weighted by atomic mass is 16.5. The predicted molar refractivity (Wildman–Crippen MR) is 94.8 cm³/mol. The van der Waals surface area contributed by atoms with Gasteiger partial charge in [0.05, 0.1) is 0 Å². The van der Waals surface area contributed by atoms with Crippen molar-refractivity contribution in [3.63, 3.8) is 0 Å². The average Bonchev–Trinajstić information content (AvgIpc) is 3.21. The third-order valence-corrected chi connectivity index (χ3v) is 5.12. The third-order valence-electron chi connectivity index (χ3n) is 5.12. The van der Waals surface area contributed by atoms with Crippen molar-refractivity contribution in [1.82, 2.24) is 10.2 Å². The van der Waals surface area contributed by atoms with E-state index in [2.05, 4.69) is 5.32 Å². The fourth-order valence-corrected chi connectivity index (χ4v) is 3.74. The molecule has 26 heavy (non-hydrogen) atoms. The number of fused-ring (bicyclic) bond motifs is 1. The number of hydrogen-bond acceptors (Lipinski definition) is 4. The molecule has 2 fully saturated rings. The first-order valence-electron chi connectivity index (χ1n) is 8.96. The van der Waals surface area contributed by atoms with E-state index in [-0.39, 0.29) is 24.5 Å². The van der Waals surface area contributed by atoms with Gasteiger partial charge in [-0.15, -0.1) is 0 Å². The molecule has 3 heterocycles. The fourth-order valence-electron chi connectivity index (χ4n) is 3.74. The maximum Gasteiger partial charge on any atom is 0.289 e. The second kappa shape index (κ2) is 6.86. The van der Waals surface area contributed by atoms with Gasteiger partial charge < -0.3 is 19.4 Å². The summed E-state index contributed by atoms with van der Waals surface area (Å²) in [5.74, 6) is 2.06. The number of aryl methyl sites for hydroxylation is 1. The van der Waals surface area contributed by atoms with Crippen molar-refractivity contribution in [2.24, 2.45) is 5.92 Å². The van der Waals surface area contributed by atoms with Gasteiger partial charge >= 0.3 is 0 Å².